The zero-order chi connectivity index (χ0) is 13.1. The van der Waals surface area contributed by atoms with E-state index in [-0.39, 0.29) is 5.56 Å². The lowest BCUT2D eigenvalue weighted by Gasteiger charge is -2.17. The molecule has 2 atom stereocenters. The Kier molecular flexibility index (Phi) is 3.71. The monoisotopic (exact) mass is 249 g/mol. The molecular formula is C12H15N3O3. The molecule has 2 aromatic rings. The third kappa shape index (κ3) is 2.40. The predicted octanol–water partition coefficient (Wildman–Crippen LogP) is -0.334. The molecule has 1 heterocycles. The summed E-state index contributed by atoms with van der Waals surface area (Å²) in [7, 11) is 0. The van der Waals surface area contributed by atoms with Gasteiger partial charge in [0.05, 0.1) is 17.7 Å². The minimum atomic E-state index is -1.02. The van der Waals surface area contributed by atoms with Gasteiger partial charge >= 0.3 is 0 Å². The highest BCUT2D eigenvalue weighted by atomic mass is 16.3. The lowest BCUT2D eigenvalue weighted by atomic mass is 10.00. The van der Waals surface area contributed by atoms with E-state index in [2.05, 4.69) is 10.2 Å². The van der Waals surface area contributed by atoms with Crippen LogP contribution in [0.5, 0.6) is 0 Å². The molecule has 0 radical (unpaired) electrons. The highest BCUT2D eigenvalue weighted by Gasteiger charge is 2.17. The number of nitrogens with two attached hydrogens (primary N) is 1. The van der Waals surface area contributed by atoms with Gasteiger partial charge in [-0.2, -0.15) is 5.10 Å². The van der Waals surface area contributed by atoms with Crippen molar-refractivity contribution in [3.63, 3.8) is 0 Å². The number of benzene rings is 1. The summed E-state index contributed by atoms with van der Waals surface area (Å²) >= 11 is 0. The summed E-state index contributed by atoms with van der Waals surface area (Å²) in [5, 5.41) is 26.8. The molecule has 0 saturated carbocycles. The van der Waals surface area contributed by atoms with Gasteiger partial charge in [0.15, 0.2) is 0 Å². The topological polar surface area (TPSA) is 112 Å². The van der Waals surface area contributed by atoms with E-state index in [0.29, 0.717) is 29.3 Å². The Morgan fingerprint density at radius 3 is 2.89 bits per heavy atom. The molecule has 0 amide bonds. The number of hydrogen-bond donors (Lipinski definition) is 4. The Labute approximate surface area is 103 Å². The minimum absolute atomic E-state index is 0.281. The summed E-state index contributed by atoms with van der Waals surface area (Å²) in [6.07, 6.45) is -0.116. The first-order valence-corrected chi connectivity index (χ1v) is 5.67. The second-order valence-electron chi connectivity index (χ2n) is 4.14. The molecule has 5 N–H and O–H groups in total. The molecule has 0 aliphatic carbocycles. The Bertz CT molecular complexity index is 596. The van der Waals surface area contributed by atoms with Crippen LogP contribution in [0, 0.1) is 0 Å². The average Bonchev–Trinajstić information content (AvgIpc) is 2.38. The predicted molar refractivity (Wildman–Crippen MR) is 67.0 cm³/mol. The molecule has 0 aliphatic rings. The van der Waals surface area contributed by atoms with E-state index in [1.807, 2.05) is 0 Å². The summed E-state index contributed by atoms with van der Waals surface area (Å²) in [6.45, 7) is 0.299. The van der Waals surface area contributed by atoms with Gasteiger partial charge in [-0.05, 0) is 30.7 Å². The fraction of sp³-hybridized carbons (Fsp3) is 0.333. The Hall–Kier alpha value is -1.76. The molecular weight excluding hydrogens is 234 g/mol. The fourth-order valence-electron chi connectivity index (χ4n) is 1.85. The fourth-order valence-corrected chi connectivity index (χ4v) is 1.85. The van der Waals surface area contributed by atoms with Crippen molar-refractivity contribution in [1.82, 2.24) is 10.2 Å². The van der Waals surface area contributed by atoms with Crippen LogP contribution in [0.15, 0.2) is 29.2 Å². The summed E-state index contributed by atoms with van der Waals surface area (Å²) < 4.78 is 0. The normalized spacial score (nSPS) is 14.6. The van der Waals surface area contributed by atoms with Crippen LogP contribution in [0.4, 0.5) is 0 Å². The maximum Gasteiger partial charge on any atom is 0.272 e. The lowest BCUT2D eigenvalue weighted by Crippen LogP contribution is -2.21. The molecule has 0 bridgehead atoms. The van der Waals surface area contributed by atoms with Crippen molar-refractivity contribution in [3.8, 4) is 0 Å². The van der Waals surface area contributed by atoms with Gasteiger partial charge in [0.2, 0.25) is 0 Å². The number of aliphatic hydroxyl groups excluding tert-OH is 2. The highest BCUT2D eigenvalue weighted by Crippen LogP contribution is 2.21. The minimum Gasteiger partial charge on any atom is -0.390 e. The van der Waals surface area contributed by atoms with Crippen LogP contribution in [0.2, 0.25) is 0 Å². The van der Waals surface area contributed by atoms with Crippen molar-refractivity contribution in [2.45, 2.75) is 18.6 Å². The van der Waals surface area contributed by atoms with Gasteiger partial charge in [-0.3, -0.25) is 4.79 Å². The molecule has 96 valence electrons. The number of hydrogen-bond acceptors (Lipinski definition) is 5. The highest BCUT2D eigenvalue weighted by molar-refractivity contribution is 5.81. The Morgan fingerprint density at radius 2 is 2.17 bits per heavy atom. The first-order valence-electron chi connectivity index (χ1n) is 5.67. The molecule has 18 heavy (non-hydrogen) atoms. The quantitative estimate of drug-likeness (QED) is 0.592. The van der Waals surface area contributed by atoms with Crippen molar-refractivity contribution >= 4 is 10.8 Å². The molecule has 6 heteroatoms. The average molecular weight is 249 g/mol. The Balaban J connectivity index is 2.38. The van der Waals surface area contributed by atoms with E-state index in [1.165, 1.54) is 6.20 Å². The molecule has 2 unspecified atom stereocenters. The zero-order valence-electron chi connectivity index (χ0n) is 9.71. The van der Waals surface area contributed by atoms with E-state index >= 15 is 0 Å². The Morgan fingerprint density at radius 1 is 1.39 bits per heavy atom. The smallest absolute Gasteiger partial charge is 0.272 e. The van der Waals surface area contributed by atoms with Crippen molar-refractivity contribution in [2.75, 3.05) is 6.54 Å². The van der Waals surface area contributed by atoms with Crippen LogP contribution in [-0.4, -0.2) is 33.1 Å². The first-order chi connectivity index (χ1) is 8.63. The third-order valence-electron chi connectivity index (χ3n) is 2.86. The number of aromatic nitrogens is 2. The SMILES string of the molecule is NCCC(O)C(O)c1ccc2c(=O)[nH]ncc2c1. The first kappa shape index (κ1) is 12.7. The maximum atomic E-state index is 11.4. The van der Waals surface area contributed by atoms with Crippen LogP contribution < -0.4 is 11.3 Å². The van der Waals surface area contributed by atoms with E-state index in [9.17, 15) is 15.0 Å². The van der Waals surface area contributed by atoms with Gasteiger partial charge in [0.25, 0.3) is 5.56 Å². The molecule has 2 rings (SSSR count). The van der Waals surface area contributed by atoms with Crippen LogP contribution in [0.25, 0.3) is 10.8 Å². The van der Waals surface area contributed by atoms with Gasteiger partial charge in [-0.25, -0.2) is 5.10 Å². The van der Waals surface area contributed by atoms with E-state index in [0.717, 1.165) is 0 Å². The maximum absolute atomic E-state index is 11.4. The molecule has 0 aliphatic heterocycles. The molecule has 0 fully saturated rings. The number of aliphatic hydroxyl groups is 2. The second kappa shape index (κ2) is 5.26. The second-order valence-corrected chi connectivity index (χ2v) is 4.14. The van der Waals surface area contributed by atoms with Crippen LogP contribution >= 0.6 is 0 Å². The van der Waals surface area contributed by atoms with Gasteiger partial charge in [0.1, 0.15) is 6.10 Å². The molecule has 6 nitrogen and oxygen atoms in total. The molecule has 1 aromatic carbocycles. The summed E-state index contributed by atoms with van der Waals surface area (Å²) in [5.74, 6) is 0. The van der Waals surface area contributed by atoms with Crippen molar-refractivity contribution in [2.24, 2.45) is 5.73 Å². The van der Waals surface area contributed by atoms with Crippen molar-refractivity contribution < 1.29 is 10.2 Å². The standard InChI is InChI=1S/C12H15N3O3/c13-4-3-10(16)11(17)7-1-2-9-8(5-7)6-14-15-12(9)18/h1-2,5-6,10-11,16-17H,3-4,13H2,(H,15,18). The van der Waals surface area contributed by atoms with Crippen LogP contribution in [0.1, 0.15) is 18.1 Å². The van der Waals surface area contributed by atoms with Gasteiger partial charge in [-0.1, -0.05) is 6.07 Å². The number of rotatable bonds is 4. The number of nitrogens with zero attached hydrogens (tertiary/aromatic N) is 1. The molecule has 0 spiro atoms. The third-order valence-corrected chi connectivity index (χ3v) is 2.86. The number of nitrogens with one attached hydrogen (secondary N) is 1. The van der Waals surface area contributed by atoms with Gasteiger partial charge < -0.3 is 15.9 Å². The van der Waals surface area contributed by atoms with Crippen molar-refractivity contribution in [3.05, 3.63) is 40.3 Å². The lowest BCUT2D eigenvalue weighted by molar-refractivity contribution is 0.0151. The van der Waals surface area contributed by atoms with E-state index in [1.54, 1.807) is 18.2 Å². The van der Waals surface area contributed by atoms with Crippen LogP contribution in [-0.2, 0) is 0 Å². The largest absolute Gasteiger partial charge is 0.390 e. The summed E-state index contributed by atoms with van der Waals surface area (Å²) in [6, 6.07) is 4.85. The van der Waals surface area contributed by atoms with Gasteiger partial charge in [0, 0.05) is 5.39 Å². The number of aromatic amines is 1. The van der Waals surface area contributed by atoms with Crippen molar-refractivity contribution in [1.29, 1.82) is 0 Å². The number of fused-ring (bicyclic) bond motifs is 1. The zero-order valence-corrected chi connectivity index (χ0v) is 9.71. The van der Waals surface area contributed by atoms with E-state index < -0.39 is 12.2 Å². The number of H-pyrrole nitrogens is 1. The van der Waals surface area contributed by atoms with E-state index in [4.69, 9.17) is 5.73 Å². The molecule has 0 saturated heterocycles. The molecule has 1 aromatic heterocycles. The van der Waals surface area contributed by atoms with Gasteiger partial charge in [-0.15, -0.1) is 0 Å². The van der Waals surface area contributed by atoms with Crippen LogP contribution in [0.3, 0.4) is 0 Å². The summed E-state index contributed by atoms with van der Waals surface area (Å²) in [5.41, 5.74) is 5.59. The summed E-state index contributed by atoms with van der Waals surface area (Å²) in [4.78, 5) is 11.4.